The summed E-state index contributed by atoms with van der Waals surface area (Å²) in [7, 11) is 3.91. The lowest BCUT2D eigenvalue weighted by Crippen LogP contribution is -2.50. The van der Waals surface area contributed by atoms with Crippen LogP contribution in [0, 0.1) is 10.1 Å². The van der Waals surface area contributed by atoms with Crippen LogP contribution in [0.15, 0.2) is 24.3 Å². The summed E-state index contributed by atoms with van der Waals surface area (Å²) in [5.74, 6) is 0. The summed E-state index contributed by atoms with van der Waals surface area (Å²) in [5.41, 5.74) is 0.413. The van der Waals surface area contributed by atoms with Gasteiger partial charge in [0.25, 0.3) is 5.69 Å². The molecule has 24 heavy (non-hydrogen) atoms. The number of non-ortho nitro benzene ring substituents is 1. The number of hydrogen-bond acceptors (Lipinski definition) is 6. The molecule has 2 N–H and O–H groups in total. The molecule has 1 aliphatic heterocycles. The average molecular weight is 336 g/mol. The van der Waals surface area contributed by atoms with E-state index in [0.29, 0.717) is 19.1 Å². The van der Waals surface area contributed by atoms with Gasteiger partial charge in [-0.1, -0.05) is 0 Å². The van der Waals surface area contributed by atoms with Gasteiger partial charge in [-0.2, -0.15) is 0 Å². The number of hydrogen-bond donors (Lipinski definition) is 2. The molecule has 1 aliphatic rings. The van der Waals surface area contributed by atoms with E-state index in [0.717, 1.165) is 31.6 Å². The third kappa shape index (κ3) is 5.43. The van der Waals surface area contributed by atoms with E-state index in [1.165, 1.54) is 0 Å². The van der Waals surface area contributed by atoms with Gasteiger partial charge < -0.3 is 20.2 Å². The standard InChI is InChI=1S/C17H28N4O3/c1-17(22,13-19(2)3)12-18-14-8-10-20(11-9-14)15-4-6-16(7-5-15)21(23)24/h4-7,14,18,22H,8-13H2,1-3H3. The molecular formula is C17H28N4O3. The third-order valence-corrected chi connectivity index (χ3v) is 4.35. The highest BCUT2D eigenvalue weighted by Gasteiger charge is 2.25. The average Bonchev–Trinajstić information content (AvgIpc) is 2.52. The molecule has 0 spiro atoms. The Labute approximate surface area is 143 Å². The van der Waals surface area contributed by atoms with Gasteiger partial charge in [-0.3, -0.25) is 10.1 Å². The molecule has 1 atom stereocenters. The van der Waals surface area contributed by atoms with Crippen molar-refractivity contribution in [3.05, 3.63) is 34.4 Å². The van der Waals surface area contributed by atoms with Crippen LogP contribution in [0.3, 0.4) is 0 Å². The summed E-state index contributed by atoms with van der Waals surface area (Å²) in [6.45, 7) is 4.87. The lowest BCUT2D eigenvalue weighted by atomic mass is 10.0. The first-order valence-corrected chi connectivity index (χ1v) is 8.37. The Hall–Kier alpha value is -1.70. The predicted octanol–water partition coefficient (Wildman–Crippen LogP) is 1.47. The van der Waals surface area contributed by atoms with E-state index in [2.05, 4.69) is 10.2 Å². The van der Waals surface area contributed by atoms with E-state index in [4.69, 9.17) is 0 Å². The van der Waals surface area contributed by atoms with Gasteiger partial charge in [-0.05, 0) is 46.0 Å². The molecule has 1 saturated heterocycles. The summed E-state index contributed by atoms with van der Waals surface area (Å²) in [6.07, 6.45) is 1.99. The van der Waals surface area contributed by atoms with Crippen LogP contribution in [-0.2, 0) is 0 Å². The van der Waals surface area contributed by atoms with Crippen molar-refractivity contribution in [2.75, 3.05) is 45.2 Å². The van der Waals surface area contributed by atoms with E-state index >= 15 is 0 Å². The monoisotopic (exact) mass is 336 g/mol. The summed E-state index contributed by atoms with van der Waals surface area (Å²) in [6, 6.07) is 7.13. The van der Waals surface area contributed by atoms with Gasteiger partial charge in [0.2, 0.25) is 0 Å². The fourth-order valence-corrected chi connectivity index (χ4v) is 3.23. The van der Waals surface area contributed by atoms with Gasteiger partial charge >= 0.3 is 0 Å². The molecule has 1 aromatic carbocycles. The van der Waals surface area contributed by atoms with Crippen LogP contribution in [0.25, 0.3) is 0 Å². The molecule has 7 nitrogen and oxygen atoms in total. The summed E-state index contributed by atoms with van der Waals surface area (Å²) in [5, 5.41) is 24.5. The molecule has 0 aliphatic carbocycles. The first-order valence-electron chi connectivity index (χ1n) is 8.37. The Bertz CT molecular complexity index is 537. The van der Waals surface area contributed by atoms with E-state index in [-0.39, 0.29) is 10.6 Å². The van der Waals surface area contributed by atoms with Crippen LogP contribution < -0.4 is 10.2 Å². The van der Waals surface area contributed by atoms with E-state index < -0.39 is 5.60 Å². The first kappa shape index (κ1) is 18.6. The van der Waals surface area contributed by atoms with Gasteiger partial charge in [-0.25, -0.2) is 0 Å². The maximum absolute atomic E-state index is 10.7. The number of nitro benzene ring substituents is 1. The van der Waals surface area contributed by atoms with Gasteiger partial charge in [0, 0.05) is 50.0 Å². The van der Waals surface area contributed by atoms with Crippen molar-refractivity contribution >= 4 is 11.4 Å². The van der Waals surface area contributed by atoms with Crippen molar-refractivity contribution in [2.45, 2.75) is 31.4 Å². The molecule has 1 heterocycles. The van der Waals surface area contributed by atoms with Gasteiger partial charge in [0.05, 0.1) is 10.5 Å². The Morgan fingerprint density at radius 3 is 2.42 bits per heavy atom. The number of anilines is 1. The first-order chi connectivity index (χ1) is 11.3. The molecule has 7 heteroatoms. The highest BCUT2D eigenvalue weighted by molar-refractivity contribution is 5.51. The van der Waals surface area contributed by atoms with E-state index in [9.17, 15) is 15.2 Å². The third-order valence-electron chi connectivity index (χ3n) is 4.35. The second-order valence-electron chi connectivity index (χ2n) is 7.15. The molecule has 0 aromatic heterocycles. The maximum Gasteiger partial charge on any atom is 0.269 e. The number of nitrogens with zero attached hydrogens (tertiary/aromatic N) is 3. The Balaban J connectivity index is 1.80. The van der Waals surface area contributed by atoms with Crippen molar-refractivity contribution in [3.63, 3.8) is 0 Å². The Morgan fingerprint density at radius 1 is 1.33 bits per heavy atom. The Kier molecular flexibility index (Phi) is 6.15. The van der Waals surface area contributed by atoms with Crippen molar-refractivity contribution in [1.29, 1.82) is 0 Å². The molecule has 2 rings (SSSR count). The molecule has 0 amide bonds. The molecule has 0 bridgehead atoms. The van der Waals surface area contributed by atoms with Gasteiger partial charge in [0.1, 0.15) is 0 Å². The molecule has 1 aromatic rings. The van der Waals surface area contributed by atoms with Crippen LogP contribution in [-0.4, -0.2) is 66.8 Å². The normalized spacial score (nSPS) is 18.6. The number of likely N-dealkylation sites (N-methyl/N-ethyl adjacent to an activating group) is 1. The minimum absolute atomic E-state index is 0.124. The molecule has 0 radical (unpaired) electrons. The lowest BCUT2D eigenvalue weighted by Gasteiger charge is -2.36. The van der Waals surface area contributed by atoms with Gasteiger partial charge in [0.15, 0.2) is 0 Å². The lowest BCUT2D eigenvalue weighted by molar-refractivity contribution is -0.384. The zero-order valence-electron chi connectivity index (χ0n) is 14.7. The quantitative estimate of drug-likeness (QED) is 0.580. The highest BCUT2D eigenvalue weighted by Crippen LogP contribution is 2.23. The van der Waals surface area contributed by atoms with Crippen molar-refractivity contribution in [3.8, 4) is 0 Å². The smallest absolute Gasteiger partial charge is 0.269 e. The summed E-state index contributed by atoms with van der Waals surface area (Å²) in [4.78, 5) is 14.6. The minimum Gasteiger partial charge on any atom is -0.388 e. The Morgan fingerprint density at radius 2 is 1.92 bits per heavy atom. The second kappa shape index (κ2) is 7.92. The van der Waals surface area contributed by atoms with Crippen molar-refractivity contribution < 1.29 is 10.0 Å². The van der Waals surface area contributed by atoms with Crippen molar-refractivity contribution in [2.24, 2.45) is 0 Å². The topological polar surface area (TPSA) is 81.9 Å². The fraction of sp³-hybridized carbons (Fsp3) is 0.647. The molecule has 0 saturated carbocycles. The predicted molar refractivity (Wildman–Crippen MR) is 95.5 cm³/mol. The summed E-state index contributed by atoms with van der Waals surface area (Å²) >= 11 is 0. The number of benzene rings is 1. The number of nitrogens with one attached hydrogen (secondary N) is 1. The van der Waals surface area contributed by atoms with Crippen LogP contribution >= 0.6 is 0 Å². The largest absolute Gasteiger partial charge is 0.388 e. The van der Waals surface area contributed by atoms with E-state index in [1.54, 1.807) is 12.1 Å². The minimum atomic E-state index is -0.737. The SMILES string of the molecule is CN(C)CC(C)(O)CNC1CCN(c2ccc([N+](=O)[O-])cc2)CC1. The van der Waals surface area contributed by atoms with Crippen molar-refractivity contribution in [1.82, 2.24) is 10.2 Å². The fourth-order valence-electron chi connectivity index (χ4n) is 3.23. The zero-order valence-corrected chi connectivity index (χ0v) is 14.7. The molecule has 134 valence electrons. The van der Waals surface area contributed by atoms with Crippen LogP contribution in [0.2, 0.25) is 0 Å². The summed E-state index contributed by atoms with van der Waals surface area (Å²) < 4.78 is 0. The number of piperidine rings is 1. The zero-order chi connectivity index (χ0) is 17.7. The maximum atomic E-state index is 10.7. The highest BCUT2D eigenvalue weighted by atomic mass is 16.6. The van der Waals surface area contributed by atoms with E-state index in [1.807, 2.05) is 38.1 Å². The second-order valence-corrected chi connectivity index (χ2v) is 7.15. The number of nitro groups is 1. The molecular weight excluding hydrogens is 308 g/mol. The van der Waals surface area contributed by atoms with Crippen LogP contribution in [0.1, 0.15) is 19.8 Å². The number of aliphatic hydroxyl groups is 1. The number of rotatable bonds is 7. The van der Waals surface area contributed by atoms with Gasteiger partial charge in [-0.15, -0.1) is 0 Å². The van der Waals surface area contributed by atoms with Crippen LogP contribution in [0.4, 0.5) is 11.4 Å². The van der Waals surface area contributed by atoms with Crippen LogP contribution in [0.5, 0.6) is 0 Å². The molecule has 1 unspecified atom stereocenters. The molecule has 1 fully saturated rings.